The minimum atomic E-state index is -4.74. The molecule has 0 unspecified atom stereocenters. The highest BCUT2D eigenvalue weighted by molar-refractivity contribution is 7.89. The minimum Gasteiger partial charge on any atom is -0.495 e. The largest absolute Gasteiger partial charge is 0.495 e. The summed E-state index contributed by atoms with van der Waals surface area (Å²) in [5.74, 6) is -1.30. The van der Waals surface area contributed by atoms with Gasteiger partial charge in [0.2, 0.25) is 10.0 Å². The highest BCUT2D eigenvalue weighted by Crippen LogP contribution is 2.25. The summed E-state index contributed by atoms with van der Waals surface area (Å²) in [6, 6.07) is 9.31. The number of benzene rings is 2. The molecular formula is C19H19F3N2O6S. The number of ether oxygens (including phenoxy) is 2. The predicted molar refractivity (Wildman–Crippen MR) is 104 cm³/mol. The highest BCUT2D eigenvalue weighted by atomic mass is 32.2. The molecule has 0 spiro atoms. The molecule has 0 aromatic heterocycles. The van der Waals surface area contributed by atoms with Crippen molar-refractivity contribution >= 4 is 27.6 Å². The zero-order valence-corrected chi connectivity index (χ0v) is 17.3. The Hall–Kier alpha value is -3.12. The van der Waals surface area contributed by atoms with E-state index in [-0.39, 0.29) is 5.56 Å². The molecule has 0 heterocycles. The van der Waals surface area contributed by atoms with E-state index in [9.17, 15) is 31.2 Å². The Balaban J connectivity index is 2.02. The molecule has 8 nitrogen and oxygen atoms in total. The van der Waals surface area contributed by atoms with Crippen molar-refractivity contribution in [1.29, 1.82) is 0 Å². The number of rotatable bonds is 8. The first-order chi connectivity index (χ1) is 14.4. The molecule has 168 valence electrons. The summed E-state index contributed by atoms with van der Waals surface area (Å²) in [6.07, 6.45) is -4.74. The number of sulfonamides is 1. The average Bonchev–Trinajstić information content (AvgIpc) is 2.70. The summed E-state index contributed by atoms with van der Waals surface area (Å²) in [5.41, 5.74) is 0.966. The second-order valence-electron chi connectivity index (χ2n) is 6.30. The van der Waals surface area contributed by atoms with E-state index >= 15 is 0 Å². The number of halogens is 3. The van der Waals surface area contributed by atoms with Crippen LogP contribution < -0.4 is 14.8 Å². The zero-order chi connectivity index (χ0) is 23.2. The molecule has 1 amide bonds. The van der Waals surface area contributed by atoms with Crippen LogP contribution in [-0.4, -0.2) is 46.7 Å². The number of methoxy groups -OCH3 is 1. The third-order valence-corrected chi connectivity index (χ3v) is 5.21. The van der Waals surface area contributed by atoms with Crippen molar-refractivity contribution in [3.8, 4) is 5.75 Å². The van der Waals surface area contributed by atoms with Crippen LogP contribution in [0.4, 0.5) is 18.9 Å². The lowest BCUT2D eigenvalue weighted by Crippen LogP contribution is -2.33. The SMILES string of the molecule is COc1ccc(C)cc1NC(=O)COC(=O)c1cccc(S(=O)(=O)NCC(F)(F)F)c1. The molecule has 0 bridgehead atoms. The molecule has 2 aromatic carbocycles. The molecule has 0 aliphatic carbocycles. The number of amides is 1. The van der Waals surface area contributed by atoms with Crippen LogP contribution >= 0.6 is 0 Å². The van der Waals surface area contributed by atoms with Gasteiger partial charge >= 0.3 is 12.1 Å². The predicted octanol–water partition coefficient (Wildman–Crippen LogP) is 2.64. The van der Waals surface area contributed by atoms with E-state index in [0.717, 1.165) is 23.8 Å². The van der Waals surface area contributed by atoms with Gasteiger partial charge in [-0.15, -0.1) is 0 Å². The van der Waals surface area contributed by atoms with Crippen molar-refractivity contribution in [2.75, 3.05) is 25.6 Å². The molecule has 12 heteroatoms. The molecule has 31 heavy (non-hydrogen) atoms. The van der Waals surface area contributed by atoms with Crippen LogP contribution in [0.25, 0.3) is 0 Å². The average molecular weight is 460 g/mol. The van der Waals surface area contributed by atoms with Crippen molar-refractivity contribution in [3.63, 3.8) is 0 Å². The molecule has 2 aromatic rings. The number of esters is 1. The van der Waals surface area contributed by atoms with E-state index in [1.54, 1.807) is 25.1 Å². The van der Waals surface area contributed by atoms with Crippen LogP contribution in [0.3, 0.4) is 0 Å². The van der Waals surface area contributed by atoms with Crippen molar-refractivity contribution in [3.05, 3.63) is 53.6 Å². The van der Waals surface area contributed by atoms with Gasteiger partial charge in [-0.2, -0.15) is 13.2 Å². The maximum Gasteiger partial charge on any atom is 0.402 e. The number of alkyl halides is 3. The number of aryl methyl sites for hydroxylation is 1. The fraction of sp³-hybridized carbons (Fsp3) is 0.263. The Labute approximate surface area is 176 Å². The first-order valence-corrected chi connectivity index (χ1v) is 10.2. The van der Waals surface area contributed by atoms with Crippen LogP contribution in [0, 0.1) is 6.92 Å². The first-order valence-electron chi connectivity index (χ1n) is 8.69. The molecule has 0 aliphatic rings. The van der Waals surface area contributed by atoms with E-state index in [1.165, 1.54) is 17.9 Å². The summed E-state index contributed by atoms with van der Waals surface area (Å²) in [5, 5.41) is 2.52. The molecule has 2 rings (SSSR count). The van der Waals surface area contributed by atoms with Crippen molar-refractivity contribution in [2.24, 2.45) is 0 Å². The van der Waals surface area contributed by atoms with Crippen LogP contribution in [-0.2, 0) is 19.6 Å². The Kier molecular flexibility index (Phi) is 7.63. The van der Waals surface area contributed by atoms with Gasteiger partial charge in [0.1, 0.15) is 12.3 Å². The molecule has 0 saturated carbocycles. The molecule has 0 radical (unpaired) electrons. The van der Waals surface area contributed by atoms with Crippen LogP contribution in [0.2, 0.25) is 0 Å². The van der Waals surface area contributed by atoms with E-state index in [0.29, 0.717) is 11.4 Å². The normalized spacial score (nSPS) is 11.6. The minimum absolute atomic E-state index is 0.254. The second kappa shape index (κ2) is 9.79. The molecule has 0 fully saturated rings. The van der Waals surface area contributed by atoms with Crippen LogP contribution in [0.15, 0.2) is 47.4 Å². The fourth-order valence-corrected chi connectivity index (χ4v) is 3.43. The molecule has 0 saturated heterocycles. The van der Waals surface area contributed by atoms with Gasteiger partial charge in [-0.3, -0.25) is 4.79 Å². The summed E-state index contributed by atoms with van der Waals surface area (Å²) in [7, 11) is -3.08. The maximum atomic E-state index is 12.3. The van der Waals surface area contributed by atoms with E-state index < -0.39 is 46.1 Å². The Morgan fingerprint density at radius 1 is 1.10 bits per heavy atom. The lowest BCUT2D eigenvalue weighted by atomic mass is 10.2. The third kappa shape index (κ3) is 7.26. The number of hydrogen-bond donors (Lipinski definition) is 2. The Morgan fingerprint density at radius 2 is 1.81 bits per heavy atom. The van der Waals surface area contributed by atoms with Gasteiger partial charge in [0.05, 0.1) is 23.3 Å². The molecule has 0 aliphatic heterocycles. The summed E-state index contributed by atoms with van der Waals surface area (Å²) >= 11 is 0. The topological polar surface area (TPSA) is 111 Å². The van der Waals surface area contributed by atoms with E-state index in [4.69, 9.17) is 9.47 Å². The lowest BCUT2D eigenvalue weighted by molar-refractivity contribution is -0.121. The smallest absolute Gasteiger partial charge is 0.402 e. The van der Waals surface area contributed by atoms with Gasteiger partial charge in [0, 0.05) is 0 Å². The summed E-state index contributed by atoms with van der Waals surface area (Å²) in [6.45, 7) is -0.633. The molecular weight excluding hydrogens is 441 g/mol. The van der Waals surface area contributed by atoms with Crippen LogP contribution in [0.1, 0.15) is 15.9 Å². The number of carbonyl (C=O) groups excluding carboxylic acids is 2. The highest BCUT2D eigenvalue weighted by Gasteiger charge is 2.30. The molecule has 0 atom stereocenters. The summed E-state index contributed by atoms with van der Waals surface area (Å²) in [4.78, 5) is 23.7. The van der Waals surface area contributed by atoms with Gasteiger partial charge in [0.15, 0.2) is 6.61 Å². The van der Waals surface area contributed by atoms with Gasteiger partial charge in [-0.1, -0.05) is 12.1 Å². The maximum absolute atomic E-state index is 12.3. The van der Waals surface area contributed by atoms with Crippen molar-refractivity contribution in [1.82, 2.24) is 4.72 Å². The number of anilines is 1. The van der Waals surface area contributed by atoms with Gasteiger partial charge < -0.3 is 14.8 Å². The second-order valence-corrected chi connectivity index (χ2v) is 8.06. The summed E-state index contributed by atoms with van der Waals surface area (Å²) < 4.78 is 72.1. The van der Waals surface area contributed by atoms with E-state index in [1.807, 2.05) is 0 Å². The standard InChI is InChI=1S/C19H19F3N2O6S/c1-12-6-7-16(29-2)15(8-12)24-17(25)10-30-18(26)13-4-3-5-14(9-13)31(27,28)23-11-19(20,21)22/h3-9,23H,10-11H2,1-2H3,(H,24,25). The first kappa shape index (κ1) is 24.2. The third-order valence-electron chi connectivity index (χ3n) is 3.81. The lowest BCUT2D eigenvalue weighted by Gasteiger charge is -2.12. The fourth-order valence-electron chi connectivity index (χ4n) is 2.37. The van der Waals surface area contributed by atoms with Crippen molar-refractivity contribution in [2.45, 2.75) is 18.0 Å². The quantitative estimate of drug-likeness (QED) is 0.586. The Morgan fingerprint density at radius 3 is 2.45 bits per heavy atom. The van der Waals surface area contributed by atoms with Crippen molar-refractivity contribution < 1.29 is 40.7 Å². The van der Waals surface area contributed by atoms with Gasteiger partial charge in [-0.25, -0.2) is 17.9 Å². The monoisotopic (exact) mass is 460 g/mol. The number of carbonyl (C=O) groups is 2. The number of nitrogens with one attached hydrogen (secondary N) is 2. The zero-order valence-electron chi connectivity index (χ0n) is 16.4. The molecule has 2 N–H and O–H groups in total. The Bertz CT molecular complexity index is 1070. The van der Waals surface area contributed by atoms with Crippen LogP contribution in [0.5, 0.6) is 5.75 Å². The van der Waals surface area contributed by atoms with Gasteiger partial charge in [-0.05, 0) is 42.8 Å². The van der Waals surface area contributed by atoms with E-state index in [2.05, 4.69) is 5.32 Å². The number of hydrogen-bond acceptors (Lipinski definition) is 6. The van der Waals surface area contributed by atoms with Gasteiger partial charge in [0.25, 0.3) is 5.91 Å².